The van der Waals surface area contributed by atoms with Crippen molar-refractivity contribution >= 4 is 23.9 Å². The van der Waals surface area contributed by atoms with E-state index < -0.39 is 17.8 Å². The van der Waals surface area contributed by atoms with Crippen LogP contribution in [0.25, 0.3) is 6.08 Å². The molecule has 7 heteroatoms. The molecule has 0 saturated carbocycles. The number of benzene rings is 1. The molecule has 100 valence electrons. The summed E-state index contributed by atoms with van der Waals surface area (Å²) >= 11 is 0. The van der Waals surface area contributed by atoms with Gasteiger partial charge in [-0.05, 0) is 23.8 Å². The van der Waals surface area contributed by atoms with Crippen molar-refractivity contribution in [2.75, 3.05) is 6.61 Å². The molecule has 1 heterocycles. The molecule has 0 bridgehead atoms. The van der Waals surface area contributed by atoms with Crippen molar-refractivity contribution in [2.24, 2.45) is 0 Å². The molecule has 0 radical (unpaired) electrons. The molecule has 1 aromatic carbocycles. The van der Waals surface area contributed by atoms with Crippen molar-refractivity contribution < 1.29 is 19.1 Å². The van der Waals surface area contributed by atoms with Crippen LogP contribution in [-0.2, 0) is 9.59 Å². The van der Waals surface area contributed by atoms with Gasteiger partial charge in [0.15, 0.2) is 6.61 Å². The van der Waals surface area contributed by atoms with E-state index in [4.69, 9.17) is 10.00 Å². The van der Waals surface area contributed by atoms with Crippen LogP contribution in [0.2, 0.25) is 0 Å². The summed E-state index contributed by atoms with van der Waals surface area (Å²) in [5.74, 6) is -0.992. The summed E-state index contributed by atoms with van der Waals surface area (Å²) in [6.07, 6.45) is 1.35. The van der Waals surface area contributed by atoms with E-state index in [0.29, 0.717) is 11.3 Å². The first-order valence-electron chi connectivity index (χ1n) is 5.58. The fourth-order valence-electron chi connectivity index (χ4n) is 1.55. The Morgan fingerprint density at radius 2 is 1.70 bits per heavy atom. The van der Waals surface area contributed by atoms with Crippen LogP contribution in [0, 0.1) is 11.3 Å². The van der Waals surface area contributed by atoms with E-state index in [-0.39, 0.29) is 12.2 Å². The third kappa shape index (κ3) is 3.00. The van der Waals surface area contributed by atoms with Crippen molar-refractivity contribution in [2.45, 2.75) is 0 Å². The summed E-state index contributed by atoms with van der Waals surface area (Å²) in [7, 11) is 0. The normalized spacial score (nSPS) is 14.2. The number of amides is 4. The van der Waals surface area contributed by atoms with Crippen LogP contribution in [0.15, 0.2) is 29.8 Å². The lowest BCUT2D eigenvalue weighted by atomic mass is 10.1. The maximum atomic E-state index is 11.5. The zero-order chi connectivity index (χ0) is 14.5. The SMILES string of the molecule is N#CCOc1ccc(C=C2C(=O)NC(=O)NC2=O)cc1. The van der Waals surface area contributed by atoms with Gasteiger partial charge in [0.25, 0.3) is 11.8 Å². The maximum absolute atomic E-state index is 11.5. The van der Waals surface area contributed by atoms with E-state index in [1.54, 1.807) is 24.3 Å². The molecule has 0 spiro atoms. The summed E-state index contributed by atoms with van der Waals surface area (Å²) in [4.78, 5) is 33.9. The highest BCUT2D eigenvalue weighted by molar-refractivity contribution is 6.31. The second kappa shape index (κ2) is 5.67. The van der Waals surface area contributed by atoms with E-state index in [0.717, 1.165) is 0 Å². The van der Waals surface area contributed by atoms with Crippen LogP contribution in [0.5, 0.6) is 5.75 Å². The molecule has 0 aliphatic carbocycles. The van der Waals surface area contributed by atoms with Crippen molar-refractivity contribution in [3.63, 3.8) is 0 Å². The topological polar surface area (TPSA) is 108 Å². The van der Waals surface area contributed by atoms with Gasteiger partial charge in [-0.25, -0.2) is 4.79 Å². The number of carbonyl (C=O) groups excluding carboxylic acids is 3. The molecule has 2 rings (SSSR count). The number of imide groups is 2. The van der Waals surface area contributed by atoms with Crippen LogP contribution in [0.1, 0.15) is 5.56 Å². The monoisotopic (exact) mass is 271 g/mol. The highest BCUT2D eigenvalue weighted by Crippen LogP contribution is 2.15. The van der Waals surface area contributed by atoms with Crippen LogP contribution in [0.4, 0.5) is 4.79 Å². The van der Waals surface area contributed by atoms with Crippen LogP contribution in [-0.4, -0.2) is 24.5 Å². The van der Waals surface area contributed by atoms with Gasteiger partial charge in [0.1, 0.15) is 17.4 Å². The maximum Gasteiger partial charge on any atom is 0.328 e. The largest absolute Gasteiger partial charge is 0.479 e. The average Bonchev–Trinajstić information content (AvgIpc) is 2.42. The minimum Gasteiger partial charge on any atom is -0.479 e. The molecule has 0 atom stereocenters. The Hall–Kier alpha value is -3.14. The quantitative estimate of drug-likeness (QED) is 0.608. The van der Waals surface area contributed by atoms with Gasteiger partial charge in [0.2, 0.25) is 0 Å². The van der Waals surface area contributed by atoms with E-state index in [1.165, 1.54) is 6.08 Å². The molecule has 0 aromatic heterocycles. The van der Waals surface area contributed by atoms with Gasteiger partial charge < -0.3 is 4.74 Å². The second-order valence-corrected chi connectivity index (χ2v) is 3.81. The molecule has 7 nitrogen and oxygen atoms in total. The van der Waals surface area contributed by atoms with Gasteiger partial charge in [-0.3, -0.25) is 20.2 Å². The summed E-state index contributed by atoms with van der Waals surface area (Å²) in [6, 6.07) is 7.46. The first-order chi connectivity index (χ1) is 9.60. The number of nitriles is 1. The first kappa shape index (κ1) is 13.3. The van der Waals surface area contributed by atoms with Gasteiger partial charge in [0, 0.05) is 0 Å². The zero-order valence-electron chi connectivity index (χ0n) is 10.2. The predicted molar refractivity (Wildman–Crippen MR) is 67.2 cm³/mol. The Morgan fingerprint density at radius 1 is 1.10 bits per heavy atom. The zero-order valence-corrected chi connectivity index (χ0v) is 10.2. The van der Waals surface area contributed by atoms with Crippen LogP contribution < -0.4 is 15.4 Å². The highest BCUT2D eigenvalue weighted by Gasteiger charge is 2.27. The number of rotatable bonds is 3. The number of ether oxygens (including phenoxy) is 1. The van der Waals surface area contributed by atoms with E-state index in [2.05, 4.69) is 0 Å². The van der Waals surface area contributed by atoms with Gasteiger partial charge in [-0.1, -0.05) is 12.1 Å². The Balaban J connectivity index is 2.18. The van der Waals surface area contributed by atoms with E-state index >= 15 is 0 Å². The lowest BCUT2D eigenvalue weighted by Gasteiger charge is -2.13. The Bertz CT molecular complexity index is 619. The highest BCUT2D eigenvalue weighted by atomic mass is 16.5. The molecule has 1 fully saturated rings. The lowest BCUT2D eigenvalue weighted by molar-refractivity contribution is -0.123. The average molecular weight is 271 g/mol. The molecule has 1 saturated heterocycles. The standard InChI is InChI=1S/C13H9N3O4/c14-5-6-20-9-3-1-8(2-4-9)7-10-11(17)15-13(19)16-12(10)18/h1-4,7H,6H2,(H2,15,16,17,18,19). The summed E-state index contributed by atoms with van der Waals surface area (Å²) < 4.78 is 5.07. The van der Waals surface area contributed by atoms with Gasteiger partial charge in [-0.15, -0.1) is 0 Å². The first-order valence-corrected chi connectivity index (χ1v) is 5.58. The van der Waals surface area contributed by atoms with Crippen molar-refractivity contribution in [1.82, 2.24) is 10.6 Å². The second-order valence-electron chi connectivity index (χ2n) is 3.81. The Kier molecular flexibility index (Phi) is 3.77. The van der Waals surface area contributed by atoms with E-state index in [9.17, 15) is 14.4 Å². The number of hydrogen-bond donors (Lipinski definition) is 2. The summed E-state index contributed by atoms with van der Waals surface area (Å²) in [5.41, 5.74) is 0.430. The molecule has 20 heavy (non-hydrogen) atoms. The summed E-state index contributed by atoms with van der Waals surface area (Å²) in [6.45, 7) is -0.0621. The molecule has 2 N–H and O–H groups in total. The van der Waals surface area contributed by atoms with Crippen molar-refractivity contribution in [1.29, 1.82) is 5.26 Å². The van der Waals surface area contributed by atoms with Crippen LogP contribution >= 0.6 is 0 Å². The molecular weight excluding hydrogens is 262 g/mol. The molecule has 0 unspecified atom stereocenters. The fourth-order valence-corrected chi connectivity index (χ4v) is 1.55. The molecular formula is C13H9N3O4. The number of hydrogen-bond acceptors (Lipinski definition) is 5. The summed E-state index contributed by atoms with van der Waals surface area (Å²) in [5, 5.41) is 12.3. The Labute approximate surface area is 113 Å². The minimum absolute atomic E-state index is 0.0621. The molecule has 1 aromatic rings. The predicted octanol–water partition coefficient (Wildman–Crippen LogP) is 0.338. The number of nitrogens with zero attached hydrogens (tertiary/aromatic N) is 1. The van der Waals surface area contributed by atoms with Gasteiger partial charge in [0.05, 0.1) is 0 Å². The van der Waals surface area contributed by atoms with Crippen molar-refractivity contribution in [3.05, 3.63) is 35.4 Å². The number of carbonyl (C=O) groups is 3. The third-order valence-corrected chi connectivity index (χ3v) is 2.44. The fraction of sp³-hybridized carbons (Fsp3) is 0.0769. The van der Waals surface area contributed by atoms with Gasteiger partial charge in [-0.2, -0.15) is 5.26 Å². The molecule has 1 aliphatic heterocycles. The number of barbiturate groups is 1. The number of nitrogens with one attached hydrogen (secondary N) is 2. The molecule has 4 amide bonds. The smallest absolute Gasteiger partial charge is 0.328 e. The van der Waals surface area contributed by atoms with E-state index in [1.807, 2.05) is 16.7 Å². The van der Waals surface area contributed by atoms with Crippen molar-refractivity contribution in [3.8, 4) is 11.8 Å². The van der Waals surface area contributed by atoms with Gasteiger partial charge >= 0.3 is 6.03 Å². The number of urea groups is 1. The third-order valence-electron chi connectivity index (χ3n) is 2.44. The van der Waals surface area contributed by atoms with Crippen LogP contribution in [0.3, 0.4) is 0 Å². The molecule has 1 aliphatic rings. The minimum atomic E-state index is -0.836. The Morgan fingerprint density at radius 3 is 2.25 bits per heavy atom. The lowest BCUT2D eigenvalue weighted by Crippen LogP contribution is -2.51.